The highest BCUT2D eigenvalue weighted by Gasteiger charge is 2.28. The minimum atomic E-state index is -0.0841. The smallest absolute Gasteiger partial charge is 0.278 e. The van der Waals surface area contributed by atoms with Crippen molar-refractivity contribution in [3.05, 3.63) is 38.6 Å². The molecular weight excluding hydrogens is 450 g/mol. The molecule has 3 aromatic rings. The van der Waals surface area contributed by atoms with Gasteiger partial charge in [-0.05, 0) is 71.3 Å². The van der Waals surface area contributed by atoms with Gasteiger partial charge in [-0.1, -0.05) is 11.3 Å². The van der Waals surface area contributed by atoms with Gasteiger partial charge in [-0.25, -0.2) is 4.98 Å². The fourth-order valence-electron chi connectivity index (χ4n) is 5.31. The van der Waals surface area contributed by atoms with Gasteiger partial charge in [0.2, 0.25) is 16.0 Å². The molecule has 10 heteroatoms. The fourth-order valence-corrected chi connectivity index (χ4v) is 6.26. The van der Waals surface area contributed by atoms with Gasteiger partial charge in [0, 0.05) is 37.4 Å². The van der Waals surface area contributed by atoms with Crippen molar-refractivity contribution in [3.8, 4) is 0 Å². The Morgan fingerprint density at radius 2 is 2.00 bits per heavy atom. The normalized spacial score (nSPS) is 18.3. The number of aryl methyl sites for hydroxylation is 3. The largest absolute Gasteiger partial charge is 0.355 e. The van der Waals surface area contributed by atoms with Gasteiger partial charge >= 0.3 is 0 Å². The number of carbonyl (C=O) groups excluding carboxylic acids is 1. The first-order valence-corrected chi connectivity index (χ1v) is 13.2. The van der Waals surface area contributed by atoms with Gasteiger partial charge in [-0.3, -0.25) is 14.3 Å². The van der Waals surface area contributed by atoms with Crippen molar-refractivity contribution in [2.24, 2.45) is 5.92 Å². The van der Waals surface area contributed by atoms with E-state index in [4.69, 9.17) is 4.98 Å². The van der Waals surface area contributed by atoms with Crippen molar-refractivity contribution < 1.29 is 4.79 Å². The summed E-state index contributed by atoms with van der Waals surface area (Å²) in [4.78, 5) is 33.4. The van der Waals surface area contributed by atoms with E-state index in [2.05, 4.69) is 34.3 Å². The van der Waals surface area contributed by atoms with E-state index in [-0.39, 0.29) is 17.4 Å². The number of aromatic nitrogens is 5. The summed E-state index contributed by atoms with van der Waals surface area (Å²) in [6.45, 7) is 9.13. The van der Waals surface area contributed by atoms with Crippen LogP contribution in [0.4, 0.5) is 5.13 Å². The monoisotopic (exact) mass is 483 g/mol. The number of nitrogens with zero attached hydrogens (tertiary/aromatic N) is 6. The van der Waals surface area contributed by atoms with Crippen LogP contribution in [-0.4, -0.2) is 49.9 Å². The number of hydrogen-bond acceptors (Lipinski definition) is 7. The molecule has 1 aliphatic heterocycles. The zero-order valence-corrected chi connectivity index (χ0v) is 21.1. The molecule has 2 aliphatic rings. The van der Waals surface area contributed by atoms with Crippen molar-refractivity contribution in [2.45, 2.75) is 72.3 Å². The topological polar surface area (TPSA) is 97.4 Å². The van der Waals surface area contributed by atoms with Crippen LogP contribution < -0.4 is 15.8 Å². The SMILES string of the molecule is CCn1nc(C)c(CCNC(=O)C2CCCN(c3nn4c(=O)c5c(nc4s3)CCCC5)C2)c1C. The van der Waals surface area contributed by atoms with Crippen LogP contribution >= 0.6 is 11.3 Å². The van der Waals surface area contributed by atoms with Crippen LogP contribution in [0, 0.1) is 19.8 Å². The molecule has 0 aromatic carbocycles. The third-order valence-corrected chi connectivity index (χ3v) is 8.21. The van der Waals surface area contributed by atoms with E-state index in [0.29, 0.717) is 18.1 Å². The highest BCUT2D eigenvalue weighted by atomic mass is 32.1. The molecule has 1 saturated heterocycles. The summed E-state index contributed by atoms with van der Waals surface area (Å²) in [6.07, 6.45) is 6.37. The van der Waals surface area contributed by atoms with Crippen LogP contribution in [0.3, 0.4) is 0 Å². The zero-order chi connectivity index (χ0) is 23.8. The molecular formula is C24H33N7O2S. The van der Waals surface area contributed by atoms with Gasteiger partial charge in [0.15, 0.2) is 0 Å². The van der Waals surface area contributed by atoms with Crippen LogP contribution in [0.1, 0.15) is 60.8 Å². The Kier molecular flexibility index (Phi) is 6.42. The highest BCUT2D eigenvalue weighted by molar-refractivity contribution is 7.20. The van der Waals surface area contributed by atoms with E-state index in [1.54, 1.807) is 0 Å². The second kappa shape index (κ2) is 9.48. The first-order valence-electron chi connectivity index (χ1n) is 12.4. The van der Waals surface area contributed by atoms with E-state index in [0.717, 1.165) is 80.1 Å². The van der Waals surface area contributed by atoms with Crippen LogP contribution in [0.2, 0.25) is 0 Å². The summed E-state index contributed by atoms with van der Waals surface area (Å²) in [6, 6.07) is 0. The summed E-state index contributed by atoms with van der Waals surface area (Å²) < 4.78 is 3.48. The predicted molar refractivity (Wildman–Crippen MR) is 133 cm³/mol. The predicted octanol–water partition coefficient (Wildman–Crippen LogP) is 2.44. The number of rotatable bonds is 6. The molecule has 1 N–H and O–H groups in total. The zero-order valence-electron chi connectivity index (χ0n) is 20.3. The average molecular weight is 484 g/mol. The van der Waals surface area contributed by atoms with E-state index in [1.165, 1.54) is 27.1 Å². The van der Waals surface area contributed by atoms with Crippen LogP contribution in [0.15, 0.2) is 4.79 Å². The van der Waals surface area contributed by atoms with E-state index in [9.17, 15) is 9.59 Å². The molecule has 3 aromatic heterocycles. The molecule has 1 fully saturated rings. The number of hydrogen-bond donors (Lipinski definition) is 1. The Morgan fingerprint density at radius 3 is 2.79 bits per heavy atom. The number of carbonyl (C=O) groups is 1. The standard InChI is InChI=1S/C24H33N7O2S/c1-4-30-16(3)18(15(2)27-30)11-12-25-21(32)17-8-7-13-29(14-17)24-28-31-22(33)19-9-5-6-10-20(19)26-23(31)34-24/h17H,4-14H2,1-3H3,(H,25,32). The lowest BCUT2D eigenvalue weighted by Crippen LogP contribution is -2.43. The van der Waals surface area contributed by atoms with E-state index >= 15 is 0 Å². The summed E-state index contributed by atoms with van der Waals surface area (Å²) in [5.41, 5.74) is 5.19. The first-order chi connectivity index (χ1) is 16.5. The van der Waals surface area contributed by atoms with Crippen LogP contribution in [0.25, 0.3) is 4.96 Å². The molecule has 1 atom stereocenters. The van der Waals surface area contributed by atoms with Crippen LogP contribution in [0.5, 0.6) is 0 Å². The highest BCUT2D eigenvalue weighted by Crippen LogP contribution is 2.28. The summed E-state index contributed by atoms with van der Waals surface area (Å²) >= 11 is 1.45. The van der Waals surface area contributed by atoms with Crippen molar-refractivity contribution in [2.75, 3.05) is 24.5 Å². The van der Waals surface area contributed by atoms with Gasteiger partial charge in [0.1, 0.15) is 0 Å². The van der Waals surface area contributed by atoms with Gasteiger partial charge in [0.05, 0.1) is 17.3 Å². The molecule has 0 spiro atoms. The third-order valence-electron chi connectivity index (χ3n) is 7.24. The lowest BCUT2D eigenvalue weighted by Gasteiger charge is -2.31. The molecule has 0 bridgehead atoms. The van der Waals surface area contributed by atoms with E-state index < -0.39 is 0 Å². The first kappa shape index (κ1) is 23.0. The number of amides is 1. The number of anilines is 1. The molecule has 4 heterocycles. The van der Waals surface area contributed by atoms with Crippen molar-refractivity contribution in [3.63, 3.8) is 0 Å². The molecule has 9 nitrogen and oxygen atoms in total. The summed E-state index contributed by atoms with van der Waals surface area (Å²) in [7, 11) is 0. The van der Waals surface area contributed by atoms with Gasteiger partial charge in [0.25, 0.3) is 5.56 Å². The van der Waals surface area contributed by atoms with Gasteiger partial charge < -0.3 is 10.2 Å². The maximum Gasteiger partial charge on any atom is 0.278 e. The second-order valence-corrected chi connectivity index (χ2v) is 10.4. The van der Waals surface area contributed by atoms with Crippen molar-refractivity contribution >= 4 is 27.3 Å². The number of nitrogens with one attached hydrogen (secondary N) is 1. The lowest BCUT2D eigenvalue weighted by molar-refractivity contribution is -0.125. The molecule has 1 unspecified atom stereocenters. The molecule has 0 saturated carbocycles. The molecule has 182 valence electrons. The van der Waals surface area contributed by atoms with Gasteiger partial charge in [-0.15, -0.1) is 5.10 Å². The molecule has 0 radical (unpaired) electrons. The minimum Gasteiger partial charge on any atom is -0.355 e. The molecule has 34 heavy (non-hydrogen) atoms. The Bertz CT molecular complexity index is 1270. The Hall–Kier alpha value is -2.75. The van der Waals surface area contributed by atoms with Crippen LogP contribution in [-0.2, 0) is 30.6 Å². The second-order valence-electron chi connectivity index (χ2n) is 9.42. The fraction of sp³-hybridized carbons (Fsp3) is 0.625. The Labute approximate surface area is 203 Å². The van der Waals surface area contributed by atoms with Crippen molar-refractivity contribution in [1.82, 2.24) is 29.7 Å². The maximum absolute atomic E-state index is 13.0. The molecule has 1 amide bonds. The quantitative estimate of drug-likeness (QED) is 0.578. The lowest BCUT2D eigenvalue weighted by atomic mass is 9.97. The third kappa shape index (κ3) is 4.23. The maximum atomic E-state index is 13.0. The molecule has 5 rings (SSSR count). The number of piperidine rings is 1. The Balaban J connectivity index is 1.24. The summed E-state index contributed by atoms with van der Waals surface area (Å²) in [5.74, 6) is 0.00830. The van der Waals surface area contributed by atoms with Crippen molar-refractivity contribution in [1.29, 1.82) is 0 Å². The molecule has 1 aliphatic carbocycles. The average Bonchev–Trinajstić information content (AvgIpc) is 3.40. The van der Waals surface area contributed by atoms with Gasteiger partial charge in [-0.2, -0.15) is 9.61 Å². The van der Waals surface area contributed by atoms with E-state index in [1.807, 2.05) is 11.6 Å². The minimum absolute atomic E-state index is 0.0227. The Morgan fingerprint density at radius 1 is 1.18 bits per heavy atom. The number of fused-ring (bicyclic) bond motifs is 2. The summed E-state index contributed by atoms with van der Waals surface area (Å²) in [5, 5.41) is 13.1.